The number of hydrogen-bond donors (Lipinski definition) is 1. The van der Waals surface area contributed by atoms with E-state index in [1.165, 1.54) is 0 Å². The number of pyridine rings is 1. The predicted molar refractivity (Wildman–Crippen MR) is 83.2 cm³/mol. The van der Waals surface area contributed by atoms with Crippen molar-refractivity contribution in [2.24, 2.45) is 5.92 Å². The molecule has 1 aliphatic rings. The average Bonchev–Trinajstić information content (AvgIpc) is 2.95. The van der Waals surface area contributed by atoms with Gasteiger partial charge in [0.2, 0.25) is 0 Å². The van der Waals surface area contributed by atoms with Crippen LogP contribution >= 0.6 is 0 Å². The standard InChI is InChI=1S/C17H18N4O/c1-13-6-9-21-12-15(20-16(21)10-13)17(22)19-8-3-5-14-4-2-7-18-11-14/h2,4,7,11-13H,6,8-10H2,1H3,(H,19,22). The Morgan fingerprint density at radius 1 is 1.55 bits per heavy atom. The van der Waals surface area contributed by atoms with Crippen molar-refractivity contribution in [2.75, 3.05) is 6.54 Å². The molecule has 1 N–H and O–H groups in total. The predicted octanol–water partition coefficient (Wildman–Crippen LogP) is 1.64. The summed E-state index contributed by atoms with van der Waals surface area (Å²) in [5, 5.41) is 2.78. The van der Waals surface area contributed by atoms with Gasteiger partial charge in [0.25, 0.3) is 5.91 Å². The van der Waals surface area contributed by atoms with Crippen molar-refractivity contribution in [1.29, 1.82) is 0 Å². The average molecular weight is 294 g/mol. The minimum Gasteiger partial charge on any atom is -0.340 e. The quantitative estimate of drug-likeness (QED) is 0.857. The Kier molecular flexibility index (Phi) is 4.19. The highest BCUT2D eigenvalue weighted by atomic mass is 16.1. The zero-order chi connectivity index (χ0) is 15.4. The number of nitrogens with one attached hydrogen (secondary N) is 1. The Labute approximate surface area is 129 Å². The van der Waals surface area contributed by atoms with E-state index >= 15 is 0 Å². The normalized spacial score (nSPS) is 16.3. The molecule has 0 aliphatic carbocycles. The van der Waals surface area contributed by atoms with Crippen LogP contribution in [-0.4, -0.2) is 27.0 Å². The van der Waals surface area contributed by atoms with Gasteiger partial charge >= 0.3 is 0 Å². The lowest BCUT2D eigenvalue weighted by Crippen LogP contribution is -2.24. The van der Waals surface area contributed by atoms with Crippen molar-refractivity contribution in [3.8, 4) is 11.8 Å². The molecule has 1 amide bonds. The molecule has 22 heavy (non-hydrogen) atoms. The summed E-state index contributed by atoms with van der Waals surface area (Å²) in [5.41, 5.74) is 1.32. The summed E-state index contributed by atoms with van der Waals surface area (Å²) in [6.07, 6.45) is 7.31. The van der Waals surface area contributed by atoms with Gasteiger partial charge in [-0.3, -0.25) is 9.78 Å². The summed E-state index contributed by atoms with van der Waals surface area (Å²) in [6.45, 7) is 3.45. The lowest BCUT2D eigenvalue weighted by atomic mass is 10.0. The van der Waals surface area contributed by atoms with E-state index in [2.05, 4.69) is 38.6 Å². The first-order valence-electron chi connectivity index (χ1n) is 7.45. The van der Waals surface area contributed by atoms with Crippen molar-refractivity contribution >= 4 is 5.91 Å². The molecule has 0 spiro atoms. The second-order valence-corrected chi connectivity index (χ2v) is 5.56. The van der Waals surface area contributed by atoms with Gasteiger partial charge in [0.15, 0.2) is 0 Å². The van der Waals surface area contributed by atoms with Gasteiger partial charge < -0.3 is 9.88 Å². The molecule has 0 bridgehead atoms. The molecule has 0 aromatic carbocycles. The minimum absolute atomic E-state index is 0.171. The van der Waals surface area contributed by atoms with Crippen molar-refractivity contribution in [3.05, 3.63) is 47.8 Å². The van der Waals surface area contributed by atoms with Crippen LogP contribution in [0.5, 0.6) is 0 Å². The largest absolute Gasteiger partial charge is 0.340 e. The Balaban J connectivity index is 1.58. The summed E-state index contributed by atoms with van der Waals surface area (Å²) in [6, 6.07) is 3.71. The molecule has 0 saturated heterocycles. The molecule has 112 valence electrons. The Bertz CT molecular complexity index is 724. The Morgan fingerprint density at radius 2 is 2.45 bits per heavy atom. The fraction of sp³-hybridized carbons (Fsp3) is 0.353. The topological polar surface area (TPSA) is 59.8 Å². The van der Waals surface area contributed by atoms with Gasteiger partial charge in [-0.25, -0.2) is 4.98 Å². The van der Waals surface area contributed by atoms with E-state index < -0.39 is 0 Å². The highest BCUT2D eigenvalue weighted by molar-refractivity contribution is 5.92. The van der Waals surface area contributed by atoms with Crippen LogP contribution in [0.25, 0.3) is 0 Å². The van der Waals surface area contributed by atoms with Gasteiger partial charge in [-0.1, -0.05) is 18.8 Å². The molecule has 1 unspecified atom stereocenters. The second-order valence-electron chi connectivity index (χ2n) is 5.56. The molecule has 1 aliphatic heterocycles. The maximum atomic E-state index is 12.1. The molecule has 5 nitrogen and oxygen atoms in total. The lowest BCUT2D eigenvalue weighted by molar-refractivity contribution is 0.0954. The minimum atomic E-state index is -0.171. The SMILES string of the molecule is CC1CCn2cc(C(=O)NCC#Cc3cccnc3)nc2C1. The molecule has 2 aromatic rings. The van der Waals surface area contributed by atoms with Crippen molar-refractivity contribution in [1.82, 2.24) is 19.9 Å². The molecule has 3 heterocycles. The molecule has 3 rings (SSSR count). The molecule has 1 atom stereocenters. The van der Waals surface area contributed by atoms with E-state index in [0.29, 0.717) is 18.2 Å². The van der Waals surface area contributed by atoms with Gasteiger partial charge in [0.1, 0.15) is 11.5 Å². The molecule has 0 saturated carbocycles. The van der Waals surface area contributed by atoms with Crippen molar-refractivity contribution in [3.63, 3.8) is 0 Å². The molecular formula is C17H18N4O. The van der Waals surface area contributed by atoms with E-state index in [9.17, 15) is 4.79 Å². The number of nitrogens with zero attached hydrogens (tertiary/aromatic N) is 3. The fourth-order valence-electron chi connectivity index (χ4n) is 2.49. The fourth-order valence-corrected chi connectivity index (χ4v) is 2.49. The summed E-state index contributed by atoms with van der Waals surface area (Å²) in [5.74, 6) is 7.34. The van der Waals surface area contributed by atoms with E-state index in [-0.39, 0.29) is 5.91 Å². The first-order valence-corrected chi connectivity index (χ1v) is 7.45. The molecule has 5 heteroatoms. The Morgan fingerprint density at radius 3 is 3.27 bits per heavy atom. The number of carbonyl (C=O) groups excluding carboxylic acids is 1. The first kappa shape index (κ1) is 14.3. The molecular weight excluding hydrogens is 276 g/mol. The third-order valence-electron chi connectivity index (χ3n) is 3.72. The monoisotopic (exact) mass is 294 g/mol. The number of fused-ring (bicyclic) bond motifs is 1. The van der Waals surface area contributed by atoms with Crippen LogP contribution in [0.2, 0.25) is 0 Å². The molecule has 0 fully saturated rings. The van der Waals surface area contributed by atoms with Crippen LogP contribution in [0.1, 0.15) is 35.2 Å². The smallest absolute Gasteiger partial charge is 0.272 e. The zero-order valence-corrected chi connectivity index (χ0v) is 12.5. The molecule has 2 aromatic heterocycles. The number of aryl methyl sites for hydroxylation is 1. The van der Waals surface area contributed by atoms with E-state index in [1.54, 1.807) is 12.4 Å². The summed E-state index contributed by atoms with van der Waals surface area (Å²) >= 11 is 0. The summed E-state index contributed by atoms with van der Waals surface area (Å²) in [4.78, 5) is 20.5. The Hall–Kier alpha value is -2.61. The highest BCUT2D eigenvalue weighted by Gasteiger charge is 2.19. The first-order chi connectivity index (χ1) is 10.7. The summed E-state index contributed by atoms with van der Waals surface area (Å²) in [7, 11) is 0. The van der Waals surface area contributed by atoms with Gasteiger partial charge in [-0.05, 0) is 24.5 Å². The van der Waals surface area contributed by atoms with Crippen molar-refractivity contribution in [2.45, 2.75) is 26.3 Å². The van der Waals surface area contributed by atoms with Crippen LogP contribution < -0.4 is 5.32 Å². The van der Waals surface area contributed by atoms with Gasteiger partial charge in [-0.2, -0.15) is 0 Å². The maximum absolute atomic E-state index is 12.1. The number of rotatable bonds is 2. The van der Waals surface area contributed by atoms with E-state index in [1.807, 2.05) is 18.3 Å². The number of hydrogen-bond acceptors (Lipinski definition) is 3. The number of carbonyl (C=O) groups is 1. The van der Waals surface area contributed by atoms with Gasteiger partial charge in [0, 0.05) is 37.1 Å². The summed E-state index contributed by atoms with van der Waals surface area (Å²) < 4.78 is 2.08. The van der Waals surface area contributed by atoms with Crippen LogP contribution in [0.4, 0.5) is 0 Å². The molecule has 0 radical (unpaired) electrons. The zero-order valence-electron chi connectivity index (χ0n) is 12.5. The van der Waals surface area contributed by atoms with E-state index in [4.69, 9.17) is 0 Å². The van der Waals surface area contributed by atoms with Crippen LogP contribution in [0.3, 0.4) is 0 Å². The second kappa shape index (κ2) is 6.44. The van der Waals surface area contributed by atoms with E-state index in [0.717, 1.165) is 30.8 Å². The van der Waals surface area contributed by atoms with Crippen molar-refractivity contribution < 1.29 is 4.79 Å². The third kappa shape index (κ3) is 3.34. The number of amides is 1. The highest BCUT2D eigenvalue weighted by Crippen LogP contribution is 2.19. The third-order valence-corrected chi connectivity index (χ3v) is 3.72. The number of imidazole rings is 1. The van der Waals surface area contributed by atoms with Crippen LogP contribution in [0.15, 0.2) is 30.7 Å². The maximum Gasteiger partial charge on any atom is 0.272 e. The lowest BCUT2D eigenvalue weighted by Gasteiger charge is -2.18. The van der Waals surface area contributed by atoms with Crippen LogP contribution in [0, 0.1) is 17.8 Å². The number of aromatic nitrogens is 3. The van der Waals surface area contributed by atoms with Crippen LogP contribution in [-0.2, 0) is 13.0 Å². The van der Waals surface area contributed by atoms with Gasteiger partial charge in [0.05, 0.1) is 6.54 Å². The van der Waals surface area contributed by atoms with Gasteiger partial charge in [-0.15, -0.1) is 0 Å².